The molecule has 0 radical (unpaired) electrons. The molecule has 2 aliphatic heterocycles. The van der Waals surface area contributed by atoms with Crippen LogP contribution in [0.5, 0.6) is 11.5 Å². The minimum atomic E-state index is 0.166. The van der Waals surface area contributed by atoms with Gasteiger partial charge in [-0.05, 0) is 35.0 Å². The van der Waals surface area contributed by atoms with E-state index in [4.69, 9.17) is 9.47 Å². The zero-order valence-corrected chi connectivity index (χ0v) is 12.4. The lowest BCUT2D eigenvalue weighted by molar-refractivity contribution is -0.102. The number of nitrogens with zero attached hydrogens (tertiary/aromatic N) is 3. The van der Waals surface area contributed by atoms with Gasteiger partial charge in [0.05, 0.1) is 0 Å². The van der Waals surface area contributed by atoms with Crippen LogP contribution in [-0.2, 0) is 11.2 Å². The SMILES string of the molecule is O=CC1=NN=C(c2ccc(N=O)cc2)c2cc3c(cc2C1)OCO3. The van der Waals surface area contributed by atoms with Gasteiger partial charge in [-0.25, -0.2) is 0 Å². The first-order valence-corrected chi connectivity index (χ1v) is 7.25. The fourth-order valence-corrected chi connectivity index (χ4v) is 2.71. The summed E-state index contributed by atoms with van der Waals surface area (Å²) in [6, 6.07) is 10.4. The Morgan fingerprint density at radius 3 is 2.50 bits per heavy atom. The average molecular weight is 321 g/mol. The first-order chi connectivity index (χ1) is 11.8. The molecular weight excluding hydrogens is 310 g/mol. The number of rotatable bonds is 3. The first kappa shape index (κ1) is 14.3. The van der Waals surface area contributed by atoms with Gasteiger partial charge in [-0.2, -0.15) is 5.10 Å². The molecule has 0 bridgehead atoms. The predicted octanol–water partition coefficient (Wildman–Crippen LogP) is 2.76. The van der Waals surface area contributed by atoms with E-state index in [0.29, 0.717) is 41.3 Å². The number of hydrogen-bond donors (Lipinski definition) is 0. The number of carbonyl (C=O) groups is 1. The van der Waals surface area contributed by atoms with Crippen molar-refractivity contribution in [2.24, 2.45) is 15.4 Å². The lowest BCUT2D eigenvalue weighted by Gasteiger charge is -2.10. The maximum absolute atomic E-state index is 11.2. The van der Waals surface area contributed by atoms with Crippen molar-refractivity contribution in [2.75, 3.05) is 6.79 Å². The van der Waals surface area contributed by atoms with Crippen molar-refractivity contribution in [2.45, 2.75) is 6.42 Å². The molecule has 7 nitrogen and oxygen atoms in total. The van der Waals surface area contributed by atoms with Crippen LogP contribution in [0.15, 0.2) is 51.8 Å². The monoisotopic (exact) mass is 321 g/mol. The normalized spacial score (nSPS) is 15.0. The van der Waals surface area contributed by atoms with E-state index in [1.165, 1.54) is 0 Å². The highest BCUT2D eigenvalue weighted by Gasteiger charge is 2.23. The van der Waals surface area contributed by atoms with Crippen LogP contribution in [0.2, 0.25) is 0 Å². The lowest BCUT2D eigenvalue weighted by Crippen LogP contribution is -2.08. The van der Waals surface area contributed by atoms with Gasteiger partial charge < -0.3 is 9.47 Å². The standard InChI is InChI=1S/C17H11N3O4/c21-8-13-5-11-6-15-16(24-9-23-15)7-14(11)17(19-18-13)10-1-3-12(20-22)4-2-10/h1-4,6-8H,5,9H2. The number of ether oxygens (including phenoxy) is 2. The molecule has 7 heteroatoms. The van der Waals surface area contributed by atoms with E-state index >= 15 is 0 Å². The summed E-state index contributed by atoms with van der Waals surface area (Å²) in [5.74, 6) is 1.27. The number of fused-ring (bicyclic) bond motifs is 2. The zero-order valence-electron chi connectivity index (χ0n) is 12.4. The molecule has 4 rings (SSSR count). The van der Waals surface area contributed by atoms with Gasteiger partial charge in [-0.15, -0.1) is 10.0 Å². The Morgan fingerprint density at radius 1 is 1.04 bits per heavy atom. The summed E-state index contributed by atoms with van der Waals surface area (Å²) in [6.45, 7) is 0.166. The molecule has 0 amide bonds. The van der Waals surface area contributed by atoms with Crippen molar-refractivity contribution in [1.29, 1.82) is 0 Å². The van der Waals surface area contributed by atoms with Crippen molar-refractivity contribution < 1.29 is 14.3 Å². The predicted molar refractivity (Wildman–Crippen MR) is 87.3 cm³/mol. The number of carbonyl (C=O) groups excluding carboxylic acids is 1. The molecule has 0 aromatic heterocycles. The highest BCUT2D eigenvalue weighted by Crippen LogP contribution is 2.36. The number of nitroso groups, excluding NO2 is 1. The van der Waals surface area contributed by atoms with E-state index in [-0.39, 0.29) is 6.79 Å². The molecule has 2 aliphatic rings. The van der Waals surface area contributed by atoms with E-state index in [2.05, 4.69) is 15.4 Å². The van der Waals surface area contributed by atoms with Crippen LogP contribution in [0.1, 0.15) is 16.7 Å². The molecule has 2 aromatic rings. The summed E-state index contributed by atoms with van der Waals surface area (Å²) in [7, 11) is 0. The fourth-order valence-electron chi connectivity index (χ4n) is 2.71. The minimum absolute atomic E-state index is 0.166. The zero-order chi connectivity index (χ0) is 16.5. The topological polar surface area (TPSA) is 89.7 Å². The molecule has 2 aromatic carbocycles. The van der Waals surface area contributed by atoms with Crippen LogP contribution in [0.4, 0.5) is 5.69 Å². The summed E-state index contributed by atoms with van der Waals surface area (Å²) in [5, 5.41) is 11.2. The second kappa shape index (κ2) is 5.69. The van der Waals surface area contributed by atoms with Crippen LogP contribution >= 0.6 is 0 Å². The quantitative estimate of drug-likeness (QED) is 0.642. The summed E-state index contributed by atoms with van der Waals surface area (Å²) in [6.07, 6.45) is 1.05. The van der Waals surface area contributed by atoms with E-state index in [1.807, 2.05) is 12.1 Å². The van der Waals surface area contributed by atoms with E-state index in [0.717, 1.165) is 16.7 Å². The molecule has 2 heterocycles. The molecule has 0 saturated carbocycles. The molecule has 0 unspecified atom stereocenters. The molecule has 0 spiro atoms. The molecule has 0 fully saturated rings. The molecule has 118 valence electrons. The van der Waals surface area contributed by atoms with Gasteiger partial charge in [0.25, 0.3) is 0 Å². The van der Waals surface area contributed by atoms with E-state index in [9.17, 15) is 9.70 Å². The Balaban J connectivity index is 1.88. The molecule has 0 atom stereocenters. The first-order valence-electron chi connectivity index (χ1n) is 7.25. The van der Waals surface area contributed by atoms with Gasteiger partial charge in [-0.1, -0.05) is 12.1 Å². The molecule has 0 aliphatic carbocycles. The second-order valence-corrected chi connectivity index (χ2v) is 5.34. The third-order valence-corrected chi connectivity index (χ3v) is 3.89. The Kier molecular flexibility index (Phi) is 3.38. The van der Waals surface area contributed by atoms with Gasteiger partial charge in [0.1, 0.15) is 17.1 Å². The molecule has 24 heavy (non-hydrogen) atoms. The van der Waals surface area contributed by atoms with Gasteiger partial charge >= 0.3 is 0 Å². The van der Waals surface area contributed by atoms with Gasteiger partial charge in [-0.3, -0.25) is 4.79 Å². The number of benzene rings is 2. The lowest BCUT2D eigenvalue weighted by atomic mass is 9.94. The maximum Gasteiger partial charge on any atom is 0.231 e. The number of hydrogen-bond acceptors (Lipinski definition) is 7. The van der Waals surface area contributed by atoms with Crippen LogP contribution in [-0.4, -0.2) is 24.5 Å². The van der Waals surface area contributed by atoms with Crippen molar-refractivity contribution in [3.63, 3.8) is 0 Å². The molecular formula is C17H11N3O4. The maximum atomic E-state index is 11.2. The smallest absolute Gasteiger partial charge is 0.231 e. The van der Waals surface area contributed by atoms with Crippen molar-refractivity contribution >= 4 is 23.4 Å². The average Bonchev–Trinajstić information content (AvgIpc) is 3.00. The fraction of sp³-hybridized carbons (Fsp3) is 0.118. The van der Waals surface area contributed by atoms with Crippen LogP contribution < -0.4 is 9.47 Å². The second-order valence-electron chi connectivity index (χ2n) is 5.34. The largest absolute Gasteiger partial charge is 0.454 e. The number of aldehydes is 1. The Morgan fingerprint density at radius 2 is 1.79 bits per heavy atom. The van der Waals surface area contributed by atoms with Crippen LogP contribution in [0.25, 0.3) is 0 Å². The third kappa shape index (κ3) is 2.36. The van der Waals surface area contributed by atoms with Gasteiger partial charge in [0, 0.05) is 17.5 Å². The van der Waals surface area contributed by atoms with Crippen molar-refractivity contribution in [1.82, 2.24) is 0 Å². The molecule has 0 saturated heterocycles. The minimum Gasteiger partial charge on any atom is -0.454 e. The summed E-state index contributed by atoms with van der Waals surface area (Å²) >= 11 is 0. The van der Waals surface area contributed by atoms with Crippen molar-refractivity contribution in [3.8, 4) is 11.5 Å². The summed E-state index contributed by atoms with van der Waals surface area (Å²) in [5.41, 5.74) is 3.70. The Labute approximate surface area is 136 Å². The Hall–Kier alpha value is -3.35. The highest BCUT2D eigenvalue weighted by atomic mass is 16.7. The Bertz CT molecular complexity index is 901. The van der Waals surface area contributed by atoms with Gasteiger partial charge in [0.2, 0.25) is 6.79 Å². The van der Waals surface area contributed by atoms with Gasteiger partial charge in [0.15, 0.2) is 17.8 Å². The summed E-state index contributed by atoms with van der Waals surface area (Å²) in [4.78, 5) is 21.8. The van der Waals surface area contributed by atoms with E-state index in [1.54, 1.807) is 24.3 Å². The highest BCUT2D eigenvalue weighted by molar-refractivity contribution is 6.30. The molecule has 0 N–H and O–H groups in total. The van der Waals surface area contributed by atoms with E-state index < -0.39 is 0 Å². The van der Waals surface area contributed by atoms with Crippen LogP contribution in [0.3, 0.4) is 0 Å². The van der Waals surface area contributed by atoms with Crippen LogP contribution in [0, 0.1) is 4.91 Å². The third-order valence-electron chi connectivity index (χ3n) is 3.89. The summed E-state index contributed by atoms with van der Waals surface area (Å²) < 4.78 is 10.8. The van der Waals surface area contributed by atoms with Crippen molar-refractivity contribution in [3.05, 3.63) is 58.0 Å².